The number of fused-ring (bicyclic) bond motifs is 2. The number of carbonyl (C=O) groups excluding carboxylic acids is 3. The summed E-state index contributed by atoms with van der Waals surface area (Å²) < 4.78 is 5.49. The minimum atomic E-state index is -0.492. The summed E-state index contributed by atoms with van der Waals surface area (Å²) in [5.74, 6) is -1.26. The van der Waals surface area contributed by atoms with Crippen molar-refractivity contribution >= 4 is 28.7 Å². The second-order valence-corrected chi connectivity index (χ2v) is 8.18. The number of esters is 1. The zero-order valence-corrected chi connectivity index (χ0v) is 17.8. The average molecular weight is 425 g/mol. The third-order valence-corrected chi connectivity index (χ3v) is 6.35. The molecule has 0 radical (unpaired) electrons. The molecular formula is C23H28N4O4. The van der Waals surface area contributed by atoms with Gasteiger partial charge in [0.05, 0.1) is 11.1 Å². The molecule has 2 amide bonds. The fourth-order valence-corrected chi connectivity index (χ4v) is 4.45. The number of benzene rings is 1. The number of pyridine rings is 1. The monoisotopic (exact) mass is 424 g/mol. The van der Waals surface area contributed by atoms with Crippen molar-refractivity contribution in [1.29, 1.82) is 0 Å². The van der Waals surface area contributed by atoms with E-state index in [4.69, 9.17) is 15.5 Å². The summed E-state index contributed by atoms with van der Waals surface area (Å²) in [7, 11) is 0. The maximum atomic E-state index is 13.2. The van der Waals surface area contributed by atoms with E-state index in [2.05, 4.69) is 11.8 Å². The predicted octanol–water partition coefficient (Wildman–Crippen LogP) is 1.49. The highest BCUT2D eigenvalue weighted by Crippen LogP contribution is 2.28. The number of aromatic nitrogens is 1. The molecule has 0 unspecified atom stereocenters. The number of carbonyl (C=O) groups is 3. The maximum absolute atomic E-state index is 13.2. The van der Waals surface area contributed by atoms with Gasteiger partial charge in [0, 0.05) is 55.2 Å². The van der Waals surface area contributed by atoms with Crippen LogP contribution in [0, 0.1) is 5.92 Å². The van der Waals surface area contributed by atoms with Gasteiger partial charge in [-0.2, -0.15) is 0 Å². The summed E-state index contributed by atoms with van der Waals surface area (Å²) in [6, 6.07) is 7.55. The summed E-state index contributed by atoms with van der Waals surface area (Å²) in [6.45, 7) is 5.11. The average Bonchev–Trinajstić information content (AvgIpc) is 2.80. The van der Waals surface area contributed by atoms with Crippen molar-refractivity contribution in [2.24, 2.45) is 11.7 Å². The number of hydrogen-bond donors (Lipinski definition) is 1. The predicted molar refractivity (Wildman–Crippen MR) is 115 cm³/mol. The lowest BCUT2D eigenvalue weighted by atomic mass is 9.95. The Morgan fingerprint density at radius 2 is 1.90 bits per heavy atom. The van der Waals surface area contributed by atoms with Gasteiger partial charge in [-0.1, -0.05) is 25.1 Å². The molecule has 0 bridgehead atoms. The number of piperidine rings is 1. The van der Waals surface area contributed by atoms with Crippen molar-refractivity contribution in [3.8, 4) is 0 Å². The topological polar surface area (TPSA) is 106 Å². The van der Waals surface area contributed by atoms with Crippen LogP contribution in [-0.2, 0) is 27.3 Å². The zero-order chi connectivity index (χ0) is 22.0. The van der Waals surface area contributed by atoms with Crippen LogP contribution in [0.4, 0.5) is 0 Å². The van der Waals surface area contributed by atoms with Gasteiger partial charge >= 0.3 is 5.97 Å². The van der Waals surface area contributed by atoms with E-state index >= 15 is 0 Å². The van der Waals surface area contributed by atoms with Gasteiger partial charge in [-0.3, -0.25) is 19.5 Å². The van der Waals surface area contributed by atoms with E-state index in [1.165, 1.54) is 0 Å². The smallest absolute Gasteiger partial charge is 0.339 e. The van der Waals surface area contributed by atoms with Crippen molar-refractivity contribution in [2.45, 2.75) is 32.7 Å². The Hall–Kier alpha value is -3.00. The highest BCUT2D eigenvalue weighted by atomic mass is 16.5. The third kappa shape index (κ3) is 4.39. The standard InChI is InChI=1S/C23H28N4O4/c1-2-26-10-9-19-17(13-26)21(16-5-3-4-6-18(16)25-19)23(30)31-14-20(28)27-11-7-15(8-12-27)22(24)29/h3-6,15H,2,7-14H2,1H3,(H2,24,29). The fourth-order valence-electron chi connectivity index (χ4n) is 4.45. The molecule has 2 N–H and O–H groups in total. The Bertz CT molecular complexity index is 1010. The summed E-state index contributed by atoms with van der Waals surface area (Å²) in [6.07, 6.45) is 1.87. The minimum Gasteiger partial charge on any atom is -0.452 e. The lowest BCUT2D eigenvalue weighted by Crippen LogP contribution is -2.43. The molecule has 0 aliphatic carbocycles. The molecule has 0 atom stereocenters. The Morgan fingerprint density at radius 3 is 2.61 bits per heavy atom. The summed E-state index contributed by atoms with van der Waals surface area (Å²) in [5.41, 5.74) is 8.45. The first-order valence-electron chi connectivity index (χ1n) is 10.8. The molecule has 1 aromatic carbocycles. The van der Waals surface area contributed by atoms with Crippen LogP contribution in [0.5, 0.6) is 0 Å². The van der Waals surface area contributed by atoms with Crippen LogP contribution < -0.4 is 5.73 Å². The minimum absolute atomic E-state index is 0.192. The maximum Gasteiger partial charge on any atom is 0.339 e. The Kier molecular flexibility index (Phi) is 6.18. The van der Waals surface area contributed by atoms with Crippen LogP contribution in [0.3, 0.4) is 0 Å². The molecule has 2 aromatic rings. The van der Waals surface area contributed by atoms with Gasteiger partial charge in [0.15, 0.2) is 6.61 Å². The number of likely N-dealkylation sites (tertiary alicyclic amines) is 1. The van der Waals surface area contributed by atoms with Gasteiger partial charge in [0.25, 0.3) is 5.91 Å². The molecule has 0 spiro atoms. The van der Waals surface area contributed by atoms with E-state index in [1.807, 2.05) is 24.3 Å². The first-order chi connectivity index (χ1) is 15.0. The van der Waals surface area contributed by atoms with Crippen molar-refractivity contribution < 1.29 is 19.1 Å². The van der Waals surface area contributed by atoms with E-state index < -0.39 is 5.97 Å². The molecule has 0 saturated carbocycles. The normalized spacial score (nSPS) is 17.4. The van der Waals surface area contributed by atoms with E-state index in [-0.39, 0.29) is 24.3 Å². The molecule has 8 nitrogen and oxygen atoms in total. The quantitative estimate of drug-likeness (QED) is 0.729. The molecule has 1 saturated heterocycles. The Labute approximate surface area is 181 Å². The second-order valence-electron chi connectivity index (χ2n) is 8.18. The SMILES string of the molecule is CCN1CCc2nc3ccccc3c(C(=O)OCC(=O)N3CCC(C(N)=O)CC3)c2C1. The van der Waals surface area contributed by atoms with Crippen LogP contribution in [0.25, 0.3) is 10.9 Å². The number of rotatable bonds is 5. The number of nitrogens with zero attached hydrogens (tertiary/aromatic N) is 3. The summed E-state index contributed by atoms with van der Waals surface area (Å²) >= 11 is 0. The number of para-hydroxylation sites is 1. The van der Waals surface area contributed by atoms with Crippen LogP contribution >= 0.6 is 0 Å². The lowest BCUT2D eigenvalue weighted by Gasteiger charge is -2.30. The van der Waals surface area contributed by atoms with Gasteiger partial charge in [-0.15, -0.1) is 0 Å². The van der Waals surface area contributed by atoms with Crippen LogP contribution in [0.15, 0.2) is 24.3 Å². The van der Waals surface area contributed by atoms with Crippen molar-refractivity contribution in [2.75, 3.05) is 32.8 Å². The van der Waals surface area contributed by atoms with Gasteiger partial charge in [0.2, 0.25) is 5.91 Å². The number of primary amides is 1. The van der Waals surface area contributed by atoms with Gasteiger partial charge in [-0.25, -0.2) is 4.79 Å². The fraction of sp³-hybridized carbons (Fsp3) is 0.478. The highest BCUT2D eigenvalue weighted by Gasteiger charge is 2.29. The van der Waals surface area contributed by atoms with E-state index in [9.17, 15) is 14.4 Å². The molecule has 3 heterocycles. The third-order valence-electron chi connectivity index (χ3n) is 6.35. The first kappa shape index (κ1) is 21.2. The molecule has 1 aromatic heterocycles. The van der Waals surface area contributed by atoms with Crippen LogP contribution in [0.1, 0.15) is 41.4 Å². The van der Waals surface area contributed by atoms with Gasteiger partial charge in [0.1, 0.15) is 0 Å². The number of hydrogen-bond acceptors (Lipinski definition) is 6. The molecule has 2 aliphatic heterocycles. The van der Waals surface area contributed by atoms with Crippen molar-refractivity contribution in [1.82, 2.24) is 14.8 Å². The van der Waals surface area contributed by atoms with E-state index in [0.717, 1.165) is 41.7 Å². The Balaban J connectivity index is 1.51. The summed E-state index contributed by atoms with van der Waals surface area (Å²) in [5, 5.41) is 0.749. The molecule has 8 heteroatoms. The second kappa shape index (κ2) is 9.01. The van der Waals surface area contributed by atoms with Gasteiger partial charge < -0.3 is 15.4 Å². The molecule has 31 heavy (non-hydrogen) atoms. The molecule has 1 fully saturated rings. The van der Waals surface area contributed by atoms with Crippen LogP contribution in [-0.4, -0.2) is 65.4 Å². The van der Waals surface area contributed by atoms with E-state index in [1.54, 1.807) is 4.90 Å². The van der Waals surface area contributed by atoms with E-state index in [0.29, 0.717) is 38.0 Å². The van der Waals surface area contributed by atoms with Crippen LogP contribution in [0.2, 0.25) is 0 Å². The number of amides is 2. The highest BCUT2D eigenvalue weighted by molar-refractivity contribution is 6.05. The number of ether oxygens (including phenoxy) is 1. The molecule has 2 aliphatic rings. The Morgan fingerprint density at radius 1 is 1.16 bits per heavy atom. The number of nitrogens with two attached hydrogens (primary N) is 1. The summed E-state index contributed by atoms with van der Waals surface area (Å²) in [4.78, 5) is 45.7. The van der Waals surface area contributed by atoms with Crippen molar-refractivity contribution in [3.05, 3.63) is 41.1 Å². The first-order valence-corrected chi connectivity index (χ1v) is 10.8. The lowest BCUT2D eigenvalue weighted by molar-refractivity contribution is -0.137. The van der Waals surface area contributed by atoms with Gasteiger partial charge in [-0.05, 0) is 25.5 Å². The zero-order valence-electron chi connectivity index (χ0n) is 17.8. The number of likely N-dealkylation sites (N-methyl/N-ethyl adjacent to an activating group) is 1. The molecule has 4 rings (SSSR count). The molecule has 164 valence electrons. The largest absolute Gasteiger partial charge is 0.452 e. The van der Waals surface area contributed by atoms with Crippen molar-refractivity contribution in [3.63, 3.8) is 0 Å². The molecular weight excluding hydrogens is 396 g/mol.